The number of aromatic hydroxyl groups is 2. The number of phenolic OH excluding ortho intramolecular Hbond substituents is 2. The van der Waals surface area contributed by atoms with Crippen molar-refractivity contribution in [3.8, 4) is 34.5 Å². The number of carbonyl (C=O) groups is 1. The molecule has 0 aliphatic heterocycles. The number of hydrogen-bond donors (Lipinski definition) is 3. The van der Waals surface area contributed by atoms with Gasteiger partial charge < -0.3 is 39.2 Å². The molecule has 6 aromatic rings. The van der Waals surface area contributed by atoms with Crippen LogP contribution in [-0.2, 0) is 75.8 Å². The first kappa shape index (κ1) is 65.9. The fourth-order valence-corrected chi connectivity index (χ4v) is 11.5. The lowest BCUT2D eigenvalue weighted by molar-refractivity contribution is 0.0520. The quantitative estimate of drug-likeness (QED) is 0.135. The highest BCUT2D eigenvalue weighted by Gasteiger charge is 2.31. The predicted molar refractivity (Wildman–Crippen MR) is 350 cm³/mol. The van der Waals surface area contributed by atoms with Crippen LogP contribution >= 0.6 is 0 Å². The van der Waals surface area contributed by atoms with Crippen molar-refractivity contribution in [1.29, 1.82) is 0 Å². The first-order chi connectivity index (χ1) is 39.1. The molecular formula is C76H103NO8. The Kier molecular flexibility index (Phi) is 18.8. The van der Waals surface area contributed by atoms with E-state index in [1.54, 1.807) is 21.3 Å². The average molecular weight is 1160 g/mol. The highest BCUT2D eigenvalue weighted by Crippen LogP contribution is 2.46. The van der Waals surface area contributed by atoms with Gasteiger partial charge in [0.15, 0.2) is 0 Å². The standard InChI is InChI=1S/C76H103NO8/c1-70(2,3)57-33-45-27-49-37-59(72(7,8)9)38-50(65(49)81-22)28-46-34-58(71(4,5)6)36-48(64(46)79)30-52-40-61(74(13,14)15)42-54(67(52)83-24)32-56-44-62(75(16,17)18)43-55(68(56)84-26-25-77-69(80)85-76(19,20)21)31-53-41-60(73(10,11)12)39-51(66(53)82-23)29-47(35-57)63(45)78/h33-44,78-79H,25-32H2,1-24H3,(H,77,80). The molecule has 1 aliphatic rings. The third-order valence-corrected chi connectivity index (χ3v) is 16.6. The van der Waals surface area contributed by atoms with Crippen LogP contribution in [-0.4, -0.2) is 56.4 Å². The van der Waals surface area contributed by atoms with E-state index in [2.05, 4.69) is 203 Å². The summed E-state index contributed by atoms with van der Waals surface area (Å²) in [7, 11) is 5.23. The van der Waals surface area contributed by atoms with Crippen LogP contribution in [0, 0.1) is 0 Å². The van der Waals surface area contributed by atoms with Crippen LogP contribution in [0.15, 0.2) is 72.8 Å². The number of rotatable bonds is 7. The fraction of sp³-hybridized carbons (Fsp3) is 0.513. The average Bonchev–Trinajstić information content (AvgIpc) is 1.05. The van der Waals surface area contributed by atoms with Gasteiger partial charge in [0.2, 0.25) is 0 Å². The lowest BCUT2D eigenvalue weighted by atomic mass is 9.79. The van der Waals surface area contributed by atoms with E-state index in [-0.39, 0.29) is 57.1 Å². The molecule has 0 saturated heterocycles. The third-order valence-electron chi connectivity index (χ3n) is 16.6. The van der Waals surface area contributed by atoms with Crippen LogP contribution in [0.2, 0.25) is 0 Å². The molecule has 6 aromatic carbocycles. The Morgan fingerprint density at radius 2 is 0.553 bits per heavy atom. The van der Waals surface area contributed by atoms with E-state index >= 15 is 0 Å². The molecule has 1 aliphatic carbocycles. The second-order valence-electron chi connectivity index (χ2n) is 31.2. The molecule has 0 saturated carbocycles. The summed E-state index contributed by atoms with van der Waals surface area (Å²) in [5.74, 6) is 3.43. The number of methoxy groups -OCH3 is 3. The maximum absolute atomic E-state index is 13.1. The number of carbonyl (C=O) groups excluding carboxylic acids is 1. The number of ether oxygens (including phenoxy) is 5. The Balaban J connectivity index is 1.62. The van der Waals surface area contributed by atoms with Crippen LogP contribution < -0.4 is 24.3 Å². The number of nitrogens with one attached hydrogen (secondary N) is 1. The van der Waals surface area contributed by atoms with E-state index in [0.717, 1.165) is 123 Å². The topological polar surface area (TPSA) is 116 Å². The second-order valence-corrected chi connectivity index (χ2v) is 31.2. The molecule has 0 unspecified atom stereocenters. The molecule has 12 bridgehead atoms. The number of phenols is 2. The number of hydrogen-bond acceptors (Lipinski definition) is 8. The molecule has 1 amide bonds. The van der Waals surface area contributed by atoms with Crippen LogP contribution in [0.3, 0.4) is 0 Å². The summed E-state index contributed by atoms with van der Waals surface area (Å²) in [5.41, 5.74) is 15.5. The molecule has 0 fully saturated rings. The molecular weight excluding hydrogens is 1050 g/mol. The number of amides is 1. The summed E-state index contributed by atoms with van der Waals surface area (Å²) >= 11 is 0. The molecule has 0 heterocycles. The first-order valence-electron chi connectivity index (χ1n) is 30.7. The Bertz CT molecular complexity index is 3250. The summed E-state index contributed by atoms with van der Waals surface area (Å²) in [6, 6.07) is 26.8. The van der Waals surface area contributed by atoms with Crippen molar-refractivity contribution in [2.75, 3.05) is 34.5 Å². The Labute approximate surface area is 511 Å². The molecule has 7 rings (SSSR count). The van der Waals surface area contributed by atoms with Crippen molar-refractivity contribution in [3.63, 3.8) is 0 Å². The van der Waals surface area contributed by atoms with Crippen molar-refractivity contribution >= 4 is 6.09 Å². The zero-order valence-corrected chi connectivity index (χ0v) is 56.4. The second kappa shape index (κ2) is 24.3. The van der Waals surface area contributed by atoms with E-state index in [1.165, 1.54) is 0 Å². The summed E-state index contributed by atoms with van der Waals surface area (Å²) in [5, 5.41) is 28.7. The van der Waals surface area contributed by atoms with Gasteiger partial charge >= 0.3 is 6.09 Å². The van der Waals surface area contributed by atoms with Crippen molar-refractivity contribution in [2.45, 2.75) is 222 Å². The Hall–Kier alpha value is -6.61. The van der Waals surface area contributed by atoms with Crippen LogP contribution in [0.4, 0.5) is 4.79 Å². The molecule has 0 radical (unpaired) electrons. The van der Waals surface area contributed by atoms with E-state index in [1.807, 2.05) is 20.8 Å². The number of benzene rings is 6. The number of fused-ring (bicyclic) bond motifs is 12. The van der Waals surface area contributed by atoms with Gasteiger partial charge in [0.1, 0.15) is 46.7 Å². The zero-order valence-electron chi connectivity index (χ0n) is 56.4. The van der Waals surface area contributed by atoms with E-state index in [4.69, 9.17) is 23.7 Å². The molecule has 0 atom stereocenters. The van der Waals surface area contributed by atoms with E-state index < -0.39 is 11.7 Å². The Morgan fingerprint density at radius 1 is 0.353 bits per heavy atom. The first-order valence-corrected chi connectivity index (χ1v) is 30.7. The smallest absolute Gasteiger partial charge is 0.407 e. The maximum Gasteiger partial charge on any atom is 0.407 e. The third kappa shape index (κ3) is 15.7. The highest BCUT2D eigenvalue weighted by molar-refractivity contribution is 5.67. The maximum atomic E-state index is 13.1. The molecule has 0 spiro atoms. The van der Waals surface area contributed by atoms with E-state index in [9.17, 15) is 15.0 Å². The van der Waals surface area contributed by atoms with E-state index in [0.29, 0.717) is 38.5 Å². The van der Waals surface area contributed by atoms with Gasteiger partial charge in [-0.1, -0.05) is 197 Å². The van der Waals surface area contributed by atoms with Crippen LogP contribution in [0.5, 0.6) is 34.5 Å². The molecule has 0 aromatic heterocycles. The van der Waals surface area contributed by atoms with Crippen molar-refractivity contribution < 1.29 is 38.7 Å². The molecule has 460 valence electrons. The number of alkyl carbamates (subject to hydrolysis) is 1. The molecule has 3 N–H and O–H groups in total. The zero-order chi connectivity index (χ0) is 63.3. The normalized spacial score (nSPS) is 13.8. The lowest BCUT2D eigenvalue weighted by Crippen LogP contribution is -2.34. The summed E-state index contributed by atoms with van der Waals surface area (Å²) in [4.78, 5) is 13.1. The van der Waals surface area contributed by atoms with Crippen LogP contribution in [0.25, 0.3) is 0 Å². The minimum Gasteiger partial charge on any atom is -0.507 e. The van der Waals surface area contributed by atoms with Gasteiger partial charge in [-0.3, -0.25) is 0 Å². The minimum atomic E-state index is -0.662. The predicted octanol–water partition coefficient (Wildman–Crippen LogP) is 17.7. The van der Waals surface area contributed by atoms with Gasteiger partial charge in [0.25, 0.3) is 0 Å². The summed E-state index contributed by atoms with van der Waals surface area (Å²) in [6.45, 7) is 46.1. The van der Waals surface area contributed by atoms with Gasteiger partial charge in [0, 0.05) is 38.5 Å². The van der Waals surface area contributed by atoms with Crippen LogP contribution in [0.1, 0.15) is 246 Å². The van der Waals surface area contributed by atoms with Gasteiger partial charge in [0.05, 0.1) is 27.9 Å². The lowest BCUT2D eigenvalue weighted by Gasteiger charge is -2.28. The fourth-order valence-electron chi connectivity index (χ4n) is 11.5. The van der Waals surface area contributed by atoms with Gasteiger partial charge in [-0.2, -0.15) is 0 Å². The molecule has 85 heavy (non-hydrogen) atoms. The van der Waals surface area contributed by atoms with Gasteiger partial charge in [-0.25, -0.2) is 4.79 Å². The monoisotopic (exact) mass is 1160 g/mol. The van der Waals surface area contributed by atoms with Crippen molar-refractivity contribution in [1.82, 2.24) is 5.32 Å². The van der Waals surface area contributed by atoms with Crippen molar-refractivity contribution in [2.24, 2.45) is 0 Å². The minimum absolute atomic E-state index is 0.174. The Morgan fingerprint density at radius 3 is 0.753 bits per heavy atom. The summed E-state index contributed by atoms with van der Waals surface area (Å²) < 4.78 is 32.5. The SMILES string of the molecule is COc1c2cc(C(C)(C)C)cc1Cc1cc(C(C)(C)C)cc(c1O)Cc1cc(C(C)(C)C)cc(c1OC)Cc1cc(C(C)(C)C)cc(c1OCCNC(=O)OC(C)(C)C)Cc1cc(C(C)(C)C)cc(c1OC)Cc1cc(C(C)(C)C)cc(c1O)C2. The summed E-state index contributed by atoms with van der Waals surface area (Å²) in [6.07, 6.45) is 2.00. The molecule has 9 heteroatoms. The highest BCUT2D eigenvalue weighted by atomic mass is 16.6. The van der Waals surface area contributed by atoms with Crippen molar-refractivity contribution in [3.05, 3.63) is 173 Å². The largest absolute Gasteiger partial charge is 0.507 e. The molecule has 9 nitrogen and oxygen atoms in total. The van der Waals surface area contributed by atoms with Gasteiger partial charge in [-0.05, 0) is 153 Å². The van der Waals surface area contributed by atoms with Gasteiger partial charge in [-0.15, -0.1) is 0 Å².